The fourth-order valence-electron chi connectivity index (χ4n) is 1.48. The van der Waals surface area contributed by atoms with E-state index in [9.17, 15) is 0 Å². The highest BCUT2D eigenvalue weighted by Gasteiger charge is 2.23. The summed E-state index contributed by atoms with van der Waals surface area (Å²) in [5.41, 5.74) is 1.46. The molecule has 0 N–H and O–H groups in total. The third-order valence-corrected chi connectivity index (χ3v) is 3.92. The Kier molecular flexibility index (Phi) is 6.04. The number of halogens is 1. The minimum Gasteiger partial charge on any atom is -0.376 e. The largest absolute Gasteiger partial charge is 0.376 e. The van der Waals surface area contributed by atoms with Gasteiger partial charge in [-0.1, -0.05) is 48.8 Å². The van der Waals surface area contributed by atoms with E-state index in [0.29, 0.717) is 12.5 Å². The van der Waals surface area contributed by atoms with Crippen molar-refractivity contribution in [1.29, 1.82) is 0 Å². The number of benzene rings is 1. The van der Waals surface area contributed by atoms with Gasteiger partial charge in [0.05, 0.1) is 13.2 Å². The number of ether oxygens (including phenoxy) is 1. The van der Waals surface area contributed by atoms with Crippen LogP contribution in [0.5, 0.6) is 0 Å². The van der Waals surface area contributed by atoms with Gasteiger partial charge in [-0.2, -0.15) is 12.6 Å². The van der Waals surface area contributed by atoms with Crippen molar-refractivity contribution in [1.82, 2.24) is 0 Å². The summed E-state index contributed by atoms with van der Waals surface area (Å²) in [7, 11) is 0. The second-order valence-corrected chi connectivity index (χ2v) is 6.67. The van der Waals surface area contributed by atoms with Crippen LogP contribution in [0, 0.1) is 11.3 Å². The Morgan fingerprint density at radius 2 is 1.82 bits per heavy atom. The van der Waals surface area contributed by atoms with Gasteiger partial charge in [-0.25, -0.2) is 0 Å². The van der Waals surface area contributed by atoms with Crippen molar-refractivity contribution in [3.05, 3.63) is 34.3 Å². The maximum absolute atomic E-state index is 5.77. The summed E-state index contributed by atoms with van der Waals surface area (Å²) >= 11 is 7.82. The molecular weight excluding hydrogens is 296 g/mol. The van der Waals surface area contributed by atoms with Crippen LogP contribution >= 0.6 is 28.6 Å². The van der Waals surface area contributed by atoms with Crippen LogP contribution in [-0.2, 0) is 11.3 Å². The van der Waals surface area contributed by atoms with E-state index in [2.05, 4.69) is 61.5 Å². The molecule has 0 heterocycles. The summed E-state index contributed by atoms with van der Waals surface area (Å²) in [6.07, 6.45) is 0. The number of hydrogen-bond acceptors (Lipinski definition) is 2. The average molecular weight is 317 g/mol. The Balaban J connectivity index is 2.39. The Morgan fingerprint density at radius 3 is 2.29 bits per heavy atom. The molecule has 0 saturated heterocycles. The summed E-state index contributed by atoms with van der Waals surface area (Å²) in [4.78, 5) is 0. The molecule has 0 radical (unpaired) electrons. The Hall–Kier alpha value is 0.01000. The molecule has 0 spiro atoms. The molecule has 1 aromatic carbocycles. The van der Waals surface area contributed by atoms with Gasteiger partial charge in [0, 0.05) is 4.47 Å². The Bertz CT molecular complexity index is 329. The third kappa shape index (κ3) is 5.45. The van der Waals surface area contributed by atoms with E-state index < -0.39 is 0 Å². The highest BCUT2D eigenvalue weighted by Crippen LogP contribution is 2.27. The molecule has 0 bridgehead atoms. The van der Waals surface area contributed by atoms with Crippen molar-refractivity contribution in [3.8, 4) is 0 Å². The van der Waals surface area contributed by atoms with Crippen molar-refractivity contribution < 1.29 is 4.74 Å². The first-order valence-electron chi connectivity index (χ1n) is 5.86. The first-order chi connectivity index (χ1) is 7.93. The third-order valence-electron chi connectivity index (χ3n) is 2.95. The lowest BCUT2D eigenvalue weighted by Crippen LogP contribution is -2.26. The molecule has 3 heteroatoms. The van der Waals surface area contributed by atoms with E-state index in [1.165, 1.54) is 5.56 Å². The molecule has 0 fully saturated rings. The lowest BCUT2D eigenvalue weighted by Gasteiger charge is -2.29. The fraction of sp³-hybridized carbons (Fsp3) is 0.571. The lowest BCUT2D eigenvalue weighted by molar-refractivity contribution is 0.0561. The predicted molar refractivity (Wildman–Crippen MR) is 80.6 cm³/mol. The Labute approximate surface area is 118 Å². The molecule has 0 amide bonds. The standard InChI is InChI=1S/C14H21BrOS/c1-14(2,3)12(10-17)9-16-8-11-4-6-13(15)7-5-11/h4-7,12,17H,8-10H2,1-3H3. The summed E-state index contributed by atoms with van der Waals surface area (Å²) in [6, 6.07) is 8.24. The van der Waals surface area contributed by atoms with Gasteiger partial charge in [0.25, 0.3) is 0 Å². The van der Waals surface area contributed by atoms with E-state index in [1.807, 2.05) is 12.1 Å². The zero-order chi connectivity index (χ0) is 12.9. The molecule has 0 saturated carbocycles. The number of rotatable bonds is 5. The molecule has 1 atom stereocenters. The van der Waals surface area contributed by atoms with Gasteiger partial charge in [-0.15, -0.1) is 0 Å². The monoisotopic (exact) mass is 316 g/mol. The minimum atomic E-state index is 0.251. The first kappa shape index (κ1) is 15.1. The smallest absolute Gasteiger partial charge is 0.0717 e. The molecule has 0 aliphatic rings. The molecule has 0 aliphatic heterocycles. The molecule has 0 aromatic heterocycles. The van der Waals surface area contributed by atoms with Crippen LogP contribution in [0.3, 0.4) is 0 Å². The average Bonchev–Trinajstić information content (AvgIpc) is 2.25. The second-order valence-electron chi connectivity index (χ2n) is 5.39. The topological polar surface area (TPSA) is 9.23 Å². The summed E-state index contributed by atoms with van der Waals surface area (Å²) in [5.74, 6) is 1.35. The number of hydrogen-bond donors (Lipinski definition) is 1. The zero-order valence-corrected chi connectivity index (χ0v) is 13.2. The van der Waals surface area contributed by atoms with Crippen molar-refractivity contribution in [2.45, 2.75) is 27.4 Å². The molecular formula is C14H21BrOS. The van der Waals surface area contributed by atoms with E-state index in [-0.39, 0.29) is 5.41 Å². The summed E-state index contributed by atoms with van der Waals surface area (Å²) in [6.45, 7) is 8.14. The van der Waals surface area contributed by atoms with Crippen molar-refractivity contribution in [2.24, 2.45) is 11.3 Å². The maximum Gasteiger partial charge on any atom is 0.0717 e. The molecule has 1 rings (SSSR count). The molecule has 17 heavy (non-hydrogen) atoms. The quantitative estimate of drug-likeness (QED) is 0.783. The highest BCUT2D eigenvalue weighted by atomic mass is 79.9. The maximum atomic E-state index is 5.77. The second kappa shape index (κ2) is 6.81. The van der Waals surface area contributed by atoms with Gasteiger partial charge in [-0.05, 0) is 34.8 Å². The lowest BCUT2D eigenvalue weighted by atomic mass is 9.82. The normalized spacial score (nSPS) is 13.7. The SMILES string of the molecule is CC(C)(C)C(CS)COCc1ccc(Br)cc1. The van der Waals surface area contributed by atoms with E-state index in [4.69, 9.17) is 4.74 Å². The van der Waals surface area contributed by atoms with Crippen molar-refractivity contribution >= 4 is 28.6 Å². The van der Waals surface area contributed by atoms with Crippen LogP contribution in [0.1, 0.15) is 26.3 Å². The number of thiol groups is 1. The first-order valence-corrected chi connectivity index (χ1v) is 7.29. The zero-order valence-electron chi connectivity index (χ0n) is 10.7. The molecule has 1 aromatic rings. The van der Waals surface area contributed by atoms with E-state index in [0.717, 1.165) is 16.8 Å². The van der Waals surface area contributed by atoms with Crippen molar-refractivity contribution in [2.75, 3.05) is 12.4 Å². The van der Waals surface area contributed by atoms with Crippen LogP contribution in [0.2, 0.25) is 0 Å². The predicted octanol–water partition coefficient (Wildman–Crippen LogP) is 4.56. The molecule has 1 nitrogen and oxygen atoms in total. The van der Waals surface area contributed by atoms with Crippen LogP contribution in [0.15, 0.2) is 28.7 Å². The van der Waals surface area contributed by atoms with Gasteiger partial charge >= 0.3 is 0 Å². The minimum absolute atomic E-state index is 0.251. The van der Waals surface area contributed by atoms with Crippen molar-refractivity contribution in [3.63, 3.8) is 0 Å². The molecule has 1 unspecified atom stereocenters. The van der Waals surface area contributed by atoms with Gasteiger partial charge in [0.1, 0.15) is 0 Å². The Morgan fingerprint density at radius 1 is 1.24 bits per heavy atom. The van der Waals surface area contributed by atoms with Crippen LogP contribution < -0.4 is 0 Å². The van der Waals surface area contributed by atoms with Gasteiger partial charge in [0.2, 0.25) is 0 Å². The van der Waals surface area contributed by atoms with Crippen LogP contribution in [0.4, 0.5) is 0 Å². The van der Waals surface area contributed by atoms with Crippen LogP contribution in [0.25, 0.3) is 0 Å². The summed E-state index contributed by atoms with van der Waals surface area (Å²) < 4.78 is 6.88. The van der Waals surface area contributed by atoms with E-state index in [1.54, 1.807) is 0 Å². The van der Waals surface area contributed by atoms with Gasteiger partial charge < -0.3 is 4.74 Å². The van der Waals surface area contributed by atoms with E-state index >= 15 is 0 Å². The van der Waals surface area contributed by atoms with Gasteiger partial charge in [0.15, 0.2) is 0 Å². The molecule has 0 aliphatic carbocycles. The van der Waals surface area contributed by atoms with Gasteiger partial charge in [-0.3, -0.25) is 0 Å². The summed E-state index contributed by atoms with van der Waals surface area (Å²) in [5, 5.41) is 0. The molecule has 96 valence electrons. The van der Waals surface area contributed by atoms with Crippen LogP contribution in [-0.4, -0.2) is 12.4 Å². The fourth-order valence-corrected chi connectivity index (χ4v) is 2.39. The highest BCUT2D eigenvalue weighted by molar-refractivity contribution is 9.10.